The third kappa shape index (κ3) is 5.45. The summed E-state index contributed by atoms with van der Waals surface area (Å²) in [5, 5.41) is 23.4. The number of fused-ring (bicyclic) bond motifs is 3. The van der Waals surface area contributed by atoms with Crippen LogP contribution < -0.4 is 10.6 Å². The highest BCUT2D eigenvalue weighted by molar-refractivity contribution is 5.86. The lowest BCUT2D eigenvalue weighted by Crippen LogP contribution is -2.50. The number of aliphatic hydroxyl groups is 1. The van der Waals surface area contributed by atoms with Gasteiger partial charge in [-0.1, -0.05) is 55.5 Å². The zero-order valence-electron chi connectivity index (χ0n) is 17.9. The average Bonchev–Trinajstić information content (AvgIpc) is 3.12. The van der Waals surface area contributed by atoms with Crippen molar-refractivity contribution >= 4 is 18.0 Å². The van der Waals surface area contributed by atoms with Crippen molar-refractivity contribution in [3.05, 3.63) is 59.7 Å². The Morgan fingerprint density at radius 3 is 2.12 bits per heavy atom. The predicted octanol–water partition coefficient (Wildman–Crippen LogP) is 2.65. The number of nitrogens with one attached hydrogen (secondary N) is 2. The number of carboxylic acid groups (broad SMARTS) is 1. The van der Waals surface area contributed by atoms with E-state index in [1.807, 2.05) is 48.5 Å². The van der Waals surface area contributed by atoms with Crippen molar-refractivity contribution in [2.45, 2.75) is 44.2 Å². The smallest absolute Gasteiger partial charge is 0.407 e. The first-order valence-corrected chi connectivity index (χ1v) is 10.7. The second-order valence-electron chi connectivity index (χ2n) is 7.75. The summed E-state index contributed by atoms with van der Waals surface area (Å²) in [5.74, 6) is -1.76. The van der Waals surface area contributed by atoms with Crippen LogP contribution in [-0.2, 0) is 14.3 Å². The molecule has 0 fully saturated rings. The molecule has 0 heterocycles. The first kappa shape index (κ1) is 23.3. The molecular formula is C24H28N2O6. The number of hydrogen-bond donors (Lipinski definition) is 4. The SMILES string of the molecule is CCC(CO)NC(=O)C(CCC(=O)O)NC(=O)OCC1c2ccccc2-c2ccccc21. The number of ether oxygens (including phenoxy) is 1. The molecule has 8 nitrogen and oxygen atoms in total. The molecule has 0 aromatic heterocycles. The van der Waals surface area contributed by atoms with Gasteiger partial charge in [-0.25, -0.2) is 4.79 Å². The Labute approximate surface area is 186 Å². The number of amides is 2. The Balaban J connectivity index is 1.66. The van der Waals surface area contributed by atoms with Gasteiger partial charge in [0.2, 0.25) is 5.91 Å². The van der Waals surface area contributed by atoms with Gasteiger partial charge in [0.15, 0.2) is 0 Å². The summed E-state index contributed by atoms with van der Waals surface area (Å²) in [4.78, 5) is 36.0. The van der Waals surface area contributed by atoms with Crippen molar-refractivity contribution < 1.29 is 29.3 Å². The number of carbonyl (C=O) groups is 3. The van der Waals surface area contributed by atoms with Gasteiger partial charge in [0, 0.05) is 12.3 Å². The highest BCUT2D eigenvalue weighted by Gasteiger charge is 2.30. The maximum absolute atomic E-state index is 12.5. The second-order valence-corrected chi connectivity index (χ2v) is 7.75. The number of aliphatic carboxylic acids is 1. The van der Waals surface area contributed by atoms with Crippen LogP contribution in [0.25, 0.3) is 11.1 Å². The Hall–Kier alpha value is -3.39. The van der Waals surface area contributed by atoms with Gasteiger partial charge < -0.3 is 25.6 Å². The molecule has 2 amide bonds. The van der Waals surface area contributed by atoms with Crippen molar-refractivity contribution in [1.82, 2.24) is 10.6 Å². The van der Waals surface area contributed by atoms with Crippen LogP contribution in [0, 0.1) is 0 Å². The zero-order valence-corrected chi connectivity index (χ0v) is 17.9. The highest BCUT2D eigenvalue weighted by Crippen LogP contribution is 2.44. The fourth-order valence-electron chi connectivity index (χ4n) is 3.90. The van der Waals surface area contributed by atoms with Crippen molar-refractivity contribution in [2.24, 2.45) is 0 Å². The van der Waals surface area contributed by atoms with Crippen LogP contribution in [-0.4, -0.2) is 53.5 Å². The van der Waals surface area contributed by atoms with E-state index in [1.54, 1.807) is 6.92 Å². The molecule has 0 aliphatic heterocycles. The molecule has 0 saturated carbocycles. The molecule has 1 aliphatic carbocycles. The number of benzene rings is 2. The molecule has 2 aromatic carbocycles. The van der Waals surface area contributed by atoms with E-state index >= 15 is 0 Å². The lowest BCUT2D eigenvalue weighted by Gasteiger charge is -2.22. The highest BCUT2D eigenvalue weighted by atomic mass is 16.5. The molecule has 0 bridgehead atoms. The summed E-state index contributed by atoms with van der Waals surface area (Å²) >= 11 is 0. The molecule has 2 unspecified atom stereocenters. The molecule has 0 radical (unpaired) electrons. The number of rotatable bonds is 10. The summed E-state index contributed by atoms with van der Waals surface area (Å²) in [6, 6.07) is 14.3. The van der Waals surface area contributed by atoms with Gasteiger partial charge in [0.1, 0.15) is 12.6 Å². The molecule has 1 aliphatic rings. The largest absolute Gasteiger partial charge is 0.481 e. The molecule has 0 saturated heterocycles. The van der Waals surface area contributed by atoms with Crippen LogP contribution in [0.1, 0.15) is 43.2 Å². The first-order chi connectivity index (χ1) is 15.4. The van der Waals surface area contributed by atoms with Crippen molar-refractivity contribution in [2.75, 3.05) is 13.2 Å². The Morgan fingerprint density at radius 1 is 1.00 bits per heavy atom. The van der Waals surface area contributed by atoms with E-state index in [0.717, 1.165) is 22.3 Å². The average molecular weight is 440 g/mol. The minimum atomic E-state index is -1.08. The molecule has 2 atom stereocenters. The molecule has 170 valence electrons. The number of carboxylic acids is 1. The van der Waals surface area contributed by atoms with Gasteiger partial charge in [-0.2, -0.15) is 0 Å². The lowest BCUT2D eigenvalue weighted by molar-refractivity contribution is -0.137. The summed E-state index contributed by atoms with van der Waals surface area (Å²) < 4.78 is 5.46. The van der Waals surface area contributed by atoms with E-state index in [1.165, 1.54) is 0 Å². The van der Waals surface area contributed by atoms with E-state index in [0.29, 0.717) is 6.42 Å². The molecule has 3 rings (SSSR count). The fraction of sp³-hybridized carbons (Fsp3) is 0.375. The molecule has 2 aromatic rings. The minimum Gasteiger partial charge on any atom is -0.481 e. The minimum absolute atomic E-state index is 0.0847. The standard InChI is InChI=1S/C24H28N2O6/c1-2-15(13-27)25-23(30)21(11-12-22(28)29)26-24(31)32-14-20-18-9-5-3-7-16(18)17-8-4-6-10-19(17)20/h3-10,15,20-21,27H,2,11-14H2,1H3,(H,25,30)(H,26,31)(H,28,29). The quantitative estimate of drug-likeness (QED) is 0.450. The van der Waals surface area contributed by atoms with Crippen LogP contribution in [0.5, 0.6) is 0 Å². The van der Waals surface area contributed by atoms with Crippen LogP contribution >= 0.6 is 0 Å². The normalized spacial score (nSPS) is 14.1. The van der Waals surface area contributed by atoms with Gasteiger partial charge >= 0.3 is 12.1 Å². The van der Waals surface area contributed by atoms with Gasteiger partial charge in [-0.3, -0.25) is 9.59 Å². The van der Waals surface area contributed by atoms with Crippen molar-refractivity contribution in [3.63, 3.8) is 0 Å². The Kier molecular flexibility index (Phi) is 7.83. The van der Waals surface area contributed by atoms with Gasteiger partial charge in [0.25, 0.3) is 0 Å². The number of carbonyl (C=O) groups excluding carboxylic acids is 2. The number of hydrogen-bond acceptors (Lipinski definition) is 5. The van der Waals surface area contributed by atoms with E-state index in [2.05, 4.69) is 10.6 Å². The maximum atomic E-state index is 12.5. The Morgan fingerprint density at radius 2 is 1.59 bits per heavy atom. The molecule has 32 heavy (non-hydrogen) atoms. The van der Waals surface area contributed by atoms with E-state index in [-0.39, 0.29) is 32.0 Å². The summed E-state index contributed by atoms with van der Waals surface area (Å²) in [7, 11) is 0. The third-order valence-electron chi connectivity index (χ3n) is 5.66. The lowest BCUT2D eigenvalue weighted by atomic mass is 9.98. The van der Waals surface area contributed by atoms with Gasteiger partial charge in [0.05, 0.1) is 12.6 Å². The Bertz CT molecular complexity index is 927. The molecular weight excluding hydrogens is 412 g/mol. The second kappa shape index (κ2) is 10.8. The summed E-state index contributed by atoms with van der Waals surface area (Å²) in [5.41, 5.74) is 4.33. The number of alkyl carbamates (subject to hydrolysis) is 1. The molecule has 4 N–H and O–H groups in total. The van der Waals surface area contributed by atoms with E-state index in [9.17, 15) is 19.5 Å². The maximum Gasteiger partial charge on any atom is 0.407 e. The topological polar surface area (TPSA) is 125 Å². The van der Waals surface area contributed by atoms with Crippen LogP contribution in [0.4, 0.5) is 4.79 Å². The van der Waals surface area contributed by atoms with Crippen molar-refractivity contribution in [3.8, 4) is 11.1 Å². The van der Waals surface area contributed by atoms with Gasteiger partial charge in [-0.15, -0.1) is 0 Å². The van der Waals surface area contributed by atoms with Crippen LogP contribution in [0.3, 0.4) is 0 Å². The fourth-order valence-corrected chi connectivity index (χ4v) is 3.90. The predicted molar refractivity (Wildman–Crippen MR) is 118 cm³/mol. The first-order valence-electron chi connectivity index (χ1n) is 10.7. The van der Waals surface area contributed by atoms with Crippen molar-refractivity contribution in [1.29, 1.82) is 0 Å². The summed E-state index contributed by atoms with van der Waals surface area (Å²) in [6.45, 7) is 1.63. The van der Waals surface area contributed by atoms with Gasteiger partial charge in [-0.05, 0) is 35.1 Å². The van der Waals surface area contributed by atoms with E-state index in [4.69, 9.17) is 9.84 Å². The summed E-state index contributed by atoms with van der Waals surface area (Å²) in [6.07, 6.45) is -0.682. The van der Waals surface area contributed by atoms with E-state index < -0.39 is 30.1 Å². The molecule has 0 spiro atoms. The van der Waals surface area contributed by atoms with Crippen LogP contribution in [0.2, 0.25) is 0 Å². The van der Waals surface area contributed by atoms with Crippen LogP contribution in [0.15, 0.2) is 48.5 Å². The monoisotopic (exact) mass is 440 g/mol. The zero-order chi connectivity index (χ0) is 23.1. The molecule has 8 heteroatoms. The number of aliphatic hydroxyl groups excluding tert-OH is 1. The third-order valence-corrected chi connectivity index (χ3v) is 5.66.